The second-order valence-corrected chi connectivity index (χ2v) is 36.4. The van der Waals surface area contributed by atoms with Gasteiger partial charge in [-0.25, -0.2) is 9.13 Å². The molecule has 5 unspecified atom stereocenters. The second kappa shape index (κ2) is 99.4. The van der Waals surface area contributed by atoms with Crippen molar-refractivity contribution in [3.63, 3.8) is 0 Å². The summed E-state index contributed by atoms with van der Waals surface area (Å²) in [6, 6.07) is 0. The Hall–Kier alpha value is -5.61. The lowest BCUT2D eigenvalue weighted by molar-refractivity contribution is -0.161. The predicted octanol–water partition coefficient (Wildman–Crippen LogP) is 32.1. The highest BCUT2D eigenvalue weighted by Crippen LogP contribution is 2.45. The molecule has 127 heavy (non-hydrogen) atoms. The summed E-state index contributed by atoms with van der Waals surface area (Å²) in [5.74, 6) is -1.57. The maximum absolute atomic E-state index is 13.1. The highest BCUT2D eigenvalue weighted by molar-refractivity contribution is 7.47. The molecule has 0 aliphatic carbocycles. The minimum atomic E-state index is -4.95. The smallest absolute Gasteiger partial charge is 0.463 e. The van der Waals surface area contributed by atoms with E-state index in [4.69, 9.17) is 32.3 Å². The molecule has 0 spiro atoms. The third-order valence-electron chi connectivity index (χ3n) is 21.3. The topological polar surface area (TPSA) is 231 Å². The van der Waals surface area contributed by atoms with Crippen LogP contribution in [0.4, 0.5) is 0 Å². The third-order valence-corrected chi connectivity index (χ3v) is 23.2. The molecule has 0 rings (SSSR count). The van der Waals surface area contributed by atoms with Crippen molar-refractivity contribution in [1.29, 1.82) is 0 Å². The number of phosphoric acid groups is 2. The van der Waals surface area contributed by atoms with Crippen molar-refractivity contribution < 1.29 is 75.8 Å². The number of allylic oxidation sites excluding steroid dienone is 32. The Morgan fingerprint density at radius 2 is 0.417 bits per heavy atom. The number of carbonyl (C=O) groups is 3. The van der Waals surface area contributed by atoms with Gasteiger partial charge in [0, 0.05) is 19.3 Å². The molecule has 726 valence electrons. The molecule has 0 aromatic heterocycles. The largest absolute Gasteiger partial charge is 0.472 e. The lowest BCUT2D eigenvalue weighted by atomic mass is 10.0. The van der Waals surface area contributed by atoms with Gasteiger partial charge in [-0.05, 0) is 167 Å². The van der Waals surface area contributed by atoms with Crippen LogP contribution >= 0.6 is 15.6 Å². The van der Waals surface area contributed by atoms with E-state index in [9.17, 15) is 43.5 Å². The van der Waals surface area contributed by atoms with Gasteiger partial charge in [-0.3, -0.25) is 32.5 Å². The van der Waals surface area contributed by atoms with Crippen LogP contribution in [0.5, 0.6) is 0 Å². The lowest BCUT2D eigenvalue weighted by Gasteiger charge is -2.21. The molecule has 0 aromatic carbocycles. The normalized spacial score (nSPS) is 14.5. The molecule has 0 aliphatic heterocycles. The van der Waals surface area contributed by atoms with Crippen LogP contribution in [0.2, 0.25) is 0 Å². The number of hydrogen-bond donors (Lipinski definition) is 4. The molecule has 0 radical (unpaired) electrons. The van der Waals surface area contributed by atoms with Gasteiger partial charge in [0.05, 0.1) is 26.4 Å². The van der Waals surface area contributed by atoms with Crippen LogP contribution in [0.3, 0.4) is 0 Å². The van der Waals surface area contributed by atoms with E-state index < -0.39 is 91.5 Å². The fourth-order valence-corrected chi connectivity index (χ4v) is 15.3. The number of aliphatic hydroxyl groups is 2. The summed E-state index contributed by atoms with van der Waals surface area (Å²) < 4.78 is 61.7. The molecular formula is C109H184O16P2. The highest BCUT2D eigenvalue weighted by Gasteiger charge is 2.30. The van der Waals surface area contributed by atoms with Crippen LogP contribution in [0.25, 0.3) is 0 Å². The molecule has 4 N–H and O–H groups in total. The molecule has 0 saturated carbocycles. The third kappa shape index (κ3) is 101. The molecule has 0 saturated heterocycles. The monoisotopic (exact) mass is 1810 g/mol. The number of ether oxygens (including phenoxy) is 3. The number of aliphatic hydroxyl groups excluding tert-OH is 2. The Morgan fingerprint density at radius 1 is 0.228 bits per heavy atom. The van der Waals surface area contributed by atoms with Crippen LogP contribution in [0.15, 0.2) is 194 Å². The summed E-state index contributed by atoms with van der Waals surface area (Å²) in [4.78, 5) is 59.2. The first-order valence-corrected chi connectivity index (χ1v) is 53.7. The number of hydrogen-bond acceptors (Lipinski definition) is 14. The summed E-state index contributed by atoms with van der Waals surface area (Å²) >= 11 is 0. The van der Waals surface area contributed by atoms with E-state index in [1.165, 1.54) is 173 Å². The van der Waals surface area contributed by atoms with Gasteiger partial charge in [-0.2, -0.15) is 0 Å². The zero-order valence-electron chi connectivity index (χ0n) is 80.4. The van der Waals surface area contributed by atoms with Crippen molar-refractivity contribution in [3.05, 3.63) is 194 Å². The number of esters is 3. The first-order valence-electron chi connectivity index (χ1n) is 50.7. The molecule has 0 amide bonds. The number of carbonyl (C=O) groups excluding carboxylic acids is 3. The van der Waals surface area contributed by atoms with E-state index in [1.54, 1.807) is 0 Å². The standard InChI is InChI=1S/C109H184O16P2/c1-4-7-10-13-16-19-22-25-28-31-34-37-40-43-46-49-50-51-52-55-57-59-62-65-68-71-74-77-80-83-86-89-92-95-107(112)119-98-104(110)99-121-126(115,116)122-100-105(111)101-123-127(117,118)124-103-106(125-109(114)97-94-91-88-85-82-79-76-73-70-67-64-61-58-54-48-45-42-39-36-33-30-27-24-21-18-15-12-9-6-3)102-120-108(113)96-93-90-87-84-81-78-75-72-69-66-63-60-56-53-47-44-41-38-35-32-29-26-23-20-17-14-11-8-5-2/h7-8,10-11,16-21,25-30,34-39,43-48,50-51,56,60,104-106,110-111H,4-6,9,12-15,22-24,31-33,40-42,49,52-55,57-59,61-103H2,1-3H3,(H,115,116)(H,117,118)/b10-7-,11-8-,19-16-,20-17-,21-18-,28-25-,29-26-,30-27-,37-34-,38-35-,39-36-,46-43-,47-44-,48-45-,51-50-,60-56-. The van der Waals surface area contributed by atoms with Crippen LogP contribution in [0.1, 0.15) is 419 Å². The number of unbranched alkanes of at least 4 members (excludes halogenated alkanes) is 40. The maximum atomic E-state index is 13.1. The molecular weight excluding hydrogens is 1630 g/mol. The van der Waals surface area contributed by atoms with Gasteiger partial charge >= 0.3 is 33.6 Å². The molecule has 0 bridgehead atoms. The van der Waals surface area contributed by atoms with E-state index in [-0.39, 0.29) is 19.3 Å². The van der Waals surface area contributed by atoms with Crippen molar-refractivity contribution in [1.82, 2.24) is 0 Å². The SMILES string of the molecule is CC/C=C\C/C=C\C/C=C\C/C=C\C/C=C\C/C=C\CCCCCCCCCCCCCCCCC(=O)OCC(O)COP(=O)(O)OCC(O)COP(=O)(O)OCC(COC(=O)CCCCCCCCCCCC/C=C\C/C=C\C/C=C\C/C=C\C/C=C\C/C=C\CC)OC(=O)CCCCCCCCCCCCCCC/C=C\C/C=C\C/C=C\C/C=C\CCCCC. The maximum Gasteiger partial charge on any atom is 0.472 e. The van der Waals surface area contributed by atoms with Gasteiger partial charge in [0.15, 0.2) is 6.10 Å². The first kappa shape index (κ1) is 121. The van der Waals surface area contributed by atoms with E-state index in [1.807, 2.05) is 0 Å². The van der Waals surface area contributed by atoms with Crippen LogP contribution in [-0.4, -0.2) is 95.9 Å². The summed E-state index contributed by atoms with van der Waals surface area (Å²) in [6.07, 6.45) is 133. The van der Waals surface area contributed by atoms with Crippen molar-refractivity contribution in [3.8, 4) is 0 Å². The van der Waals surface area contributed by atoms with Crippen LogP contribution < -0.4 is 0 Å². The van der Waals surface area contributed by atoms with Gasteiger partial charge in [0.1, 0.15) is 25.4 Å². The van der Waals surface area contributed by atoms with E-state index in [0.717, 1.165) is 186 Å². The van der Waals surface area contributed by atoms with E-state index in [0.29, 0.717) is 19.3 Å². The molecule has 5 atom stereocenters. The Balaban J connectivity index is 4.64. The summed E-state index contributed by atoms with van der Waals surface area (Å²) in [5.41, 5.74) is 0. The number of rotatable bonds is 95. The molecule has 18 heteroatoms. The average molecular weight is 1810 g/mol. The summed E-state index contributed by atoms with van der Waals surface area (Å²) in [6.45, 7) is 2.48. The molecule has 0 fully saturated rings. The molecule has 16 nitrogen and oxygen atoms in total. The molecule has 0 aromatic rings. The van der Waals surface area contributed by atoms with Gasteiger partial charge < -0.3 is 34.2 Å². The van der Waals surface area contributed by atoms with Gasteiger partial charge in [0.25, 0.3) is 0 Å². The second-order valence-electron chi connectivity index (χ2n) is 33.5. The Kier molecular flexibility index (Phi) is 95.0. The predicted molar refractivity (Wildman–Crippen MR) is 537 cm³/mol. The minimum absolute atomic E-state index is 0.0972. The fourth-order valence-electron chi connectivity index (χ4n) is 13.7. The van der Waals surface area contributed by atoms with Crippen molar-refractivity contribution in [2.75, 3.05) is 39.6 Å². The van der Waals surface area contributed by atoms with Crippen LogP contribution in [-0.2, 0) is 55.8 Å². The number of phosphoric ester groups is 2. The Morgan fingerprint density at radius 3 is 0.661 bits per heavy atom. The fraction of sp³-hybridized carbons (Fsp3) is 0.679. The highest BCUT2D eigenvalue weighted by atomic mass is 31.2. The summed E-state index contributed by atoms with van der Waals surface area (Å²) in [5, 5.41) is 20.8. The van der Waals surface area contributed by atoms with Gasteiger partial charge in [-0.15, -0.1) is 0 Å². The average Bonchev–Trinajstić information content (AvgIpc) is 0.902. The van der Waals surface area contributed by atoms with Crippen molar-refractivity contribution in [2.24, 2.45) is 0 Å². The minimum Gasteiger partial charge on any atom is -0.463 e. The summed E-state index contributed by atoms with van der Waals surface area (Å²) in [7, 11) is -9.82. The zero-order chi connectivity index (χ0) is 92.1. The van der Waals surface area contributed by atoms with Gasteiger partial charge in [-0.1, -0.05) is 427 Å². The van der Waals surface area contributed by atoms with Gasteiger partial charge in [0.2, 0.25) is 0 Å². The zero-order valence-corrected chi connectivity index (χ0v) is 82.2. The lowest BCUT2D eigenvalue weighted by Crippen LogP contribution is -2.30. The molecule has 0 heterocycles. The first-order chi connectivity index (χ1) is 62.2. The van der Waals surface area contributed by atoms with Crippen molar-refractivity contribution in [2.45, 2.75) is 437 Å². The Labute approximate surface area is 776 Å². The quantitative estimate of drug-likeness (QED) is 0.0146. The Bertz CT molecular complexity index is 3090. The molecule has 0 aliphatic rings. The van der Waals surface area contributed by atoms with E-state index >= 15 is 0 Å². The van der Waals surface area contributed by atoms with E-state index in [2.05, 4.69) is 215 Å². The van der Waals surface area contributed by atoms with Crippen LogP contribution in [0, 0.1) is 0 Å². The van der Waals surface area contributed by atoms with Crippen molar-refractivity contribution >= 4 is 33.6 Å².